The number of rotatable bonds is 2. The van der Waals surface area contributed by atoms with E-state index in [0.29, 0.717) is 0 Å². The molecule has 0 heterocycles. The Morgan fingerprint density at radius 3 is 2.77 bits per heavy atom. The molecule has 2 unspecified atom stereocenters. The number of ether oxygens (including phenoxy) is 1. The van der Waals surface area contributed by atoms with E-state index in [4.69, 9.17) is 4.74 Å². The van der Waals surface area contributed by atoms with Gasteiger partial charge in [0, 0.05) is 13.0 Å². The van der Waals surface area contributed by atoms with Crippen LogP contribution in [0.4, 0.5) is 0 Å². The summed E-state index contributed by atoms with van der Waals surface area (Å²) in [5.41, 5.74) is 2.14. The number of methoxy groups -OCH3 is 1. The van der Waals surface area contributed by atoms with Crippen LogP contribution >= 0.6 is 0 Å². The van der Waals surface area contributed by atoms with E-state index >= 15 is 0 Å². The summed E-state index contributed by atoms with van der Waals surface area (Å²) in [5, 5.41) is 9.94. The van der Waals surface area contributed by atoms with Gasteiger partial charge in [-0.3, -0.25) is 0 Å². The Labute approximate surface area is 79.9 Å². The van der Waals surface area contributed by atoms with E-state index in [1.165, 1.54) is 0 Å². The van der Waals surface area contributed by atoms with Gasteiger partial charge < -0.3 is 9.84 Å². The van der Waals surface area contributed by atoms with E-state index < -0.39 is 6.10 Å². The number of aliphatic hydroxyl groups is 1. The second-order valence-corrected chi connectivity index (χ2v) is 3.78. The zero-order chi connectivity index (χ0) is 10.0. The molecule has 0 aromatic carbocycles. The lowest BCUT2D eigenvalue weighted by Gasteiger charge is -2.33. The number of hydrogen-bond acceptors (Lipinski definition) is 2. The largest absolute Gasteiger partial charge is 0.389 e. The highest BCUT2D eigenvalue weighted by Gasteiger charge is 2.32. The minimum Gasteiger partial charge on any atom is -0.389 e. The molecule has 0 fully saturated rings. The summed E-state index contributed by atoms with van der Waals surface area (Å²) in [5.74, 6) is 0.147. The van der Waals surface area contributed by atoms with Crippen molar-refractivity contribution in [2.75, 3.05) is 7.11 Å². The van der Waals surface area contributed by atoms with E-state index in [9.17, 15) is 5.11 Å². The first-order chi connectivity index (χ1) is 6.07. The van der Waals surface area contributed by atoms with Crippen LogP contribution in [0.5, 0.6) is 0 Å². The lowest BCUT2D eigenvalue weighted by molar-refractivity contribution is -0.0192. The SMILES string of the molecule is C=C(C)[C@@H]1CC=C(C)C(OC)C1O. The van der Waals surface area contributed by atoms with Crippen LogP contribution in [-0.4, -0.2) is 24.4 Å². The van der Waals surface area contributed by atoms with Crippen molar-refractivity contribution in [2.45, 2.75) is 32.5 Å². The summed E-state index contributed by atoms with van der Waals surface area (Å²) >= 11 is 0. The minimum atomic E-state index is -0.438. The van der Waals surface area contributed by atoms with Gasteiger partial charge in [0.15, 0.2) is 0 Å². The maximum Gasteiger partial charge on any atom is 0.104 e. The summed E-state index contributed by atoms with van der Waals surface area (Å²) in [7, 11) is 1.63. The zero-order valence-corrected chi connectivity index (χ0v) is 8.58. The molecule has 0 bridgehead atoms. The lowest BCUT2D eigenvalue weighted by atomic mass is 9.81. The fourth-order valence-electron chi connectivity index (χ4n) is 1.87. The third-order valence-corrected chi connectivity index (χ3v) is 2.75. The van der Waals surface area contributed by atoms with E-state index in [-0.39, 0.29) is 12.0 Å². The van der Waals surface area contributed by atoms with Gasteiger partial charge in [0.25, 0.3) is 0 Å². The Balaban J connectivity index is 2.82. The molecule has 1 rings (SSSR count). The van der Waals surface area contributed by atoms with Crippen molar-refractivity contribution in [1.29, 1.82) is 0 Å². The molecule has 2 nitrogen and oxygen atoms in total. The zero-order valence-electron chi connectivity index (χ0n) is 8.58. The second kappa shape index (κ2) is 4.07. The number of allylic oxidation sites excluding steroid dienone is 1. The van der Waals surface area contributed by atoms with Gasteiger partial charge >= 0.3 is 0 Å². The van der Waals surface area contributed by atoms with Gasteiger partial charge in [0.2, 0.25) is 0 Å². The molecule has 1 aliphatic rings. The molecule has 0 aromatic heterocycles. The fourth-order valence-corrected chi connectivity index (χ4v) is 1.87. The highest BCUT2D eigenvalue weighted by molar-refractivity contribution is 5.18. The summed E-state index contributed by atoms with van der Waals surface area (Å²) in [6.07, 6.45) is 2.41. The van der Waals surface area contributed by atoms with Crippen molar-refractivity contribution in [3.63, 3.8) is 0 Å². The van der Waals surface area contributed by atoms with Crippen LogP contribution < -0.4 is 0 Å². The molecule has 2 heteroatoms. The van der Waals surface area contributed by atoms with E-state index in [1.807, 2.05) is 13.8 Å². The molecule has 13 heavy (non-hydrogen) atoms. The standard InChI is InChI=1S/C11H18O2/c1-7(2)9-6-5-8(3)11(13-4)10(9)12/h5,9-12H,1,6H2,2-4H3/t9-,10?,11?/m0/s1. The summed E-state index contributed by atoms with van der Waals surface area (Å²) in [6, 6.07) is 0. The van der Waals surface area contributed by atoms with E-state index in [2.05, 4.69) is 12.7 Å². The van der Waals surface area contributed by atoms with E-state index in [0.717, 1.165) is 17.6 Å². The maximum absolute atomic E-state index is 9.94. The molecule has 0 amide bonds. The predicted molar refractivity (Wildman–Crippen MR) is 53.5 cm³/mol. The van der Waals surface area contributed by atoms with Crippen LogP contribution in [0.25, 0.3) is 0 Å². The van der Waals surface area contributed by atoms with Crippen molar-refractivity contribution in [3.8, 4) is 0 Å². The molecular weight excluding hydrogens is 164 g/mol. The Hall–Kier alpha value is -0.600. The maximum atomic E-state index is 9.94. The first kappa shape index (κ1) is 10.5. The summed E-state index contributed by atoms with van der Waals surface area (Å²) in [6.45, 7) is 7.82. The Kier molecular flexibility index (Phi) is 3.28. The normalized spacial score (nSPS) is 34.2. The van der Waals surface area contributed by atoms with Crippen molar-refractivity contribution >= 4 is 0 Å². The van der Waals surface area contributed by atoms with Crippen molar-refractivity contribution in [1.82, 2.24) is 0 Å². The molecule has 0 saturated heterocycles. The molecule has 0 aliphatic heterocycles. The van der Waals surface area contributed by atoms with Crippen LogP contribution in [0, 0.1) is 5.92 Å². The van der Waals surface area contributed by atoms with Gasteiger partial charge in [-0.05, 0) is 25.8 Å². The van der Waals surface area contributed by atoms with Gasteiger partial charge in [-0.1, -0.05) is 18.2 Å². The lowest BCUT2D eigenvalue weighted by Crippen LogP contribution is -2.38. The molecule has 0 radical (unpaired) electrons. The monoisotopic (exact) mass is 182 g/mol. The average Bonchev–Trinajstić information content (AvgIpc) is 2.04. The van der Waals surface area contributed by atoms with Crippen LogP contribution in [0.1, 0.15) is 20.3 Å². The Bertz CT molecular complexity index is 228. The smallest absolute Gasteiger partial charge is 0.104 e. The van der Waals surface area contributed by atoms with Crippen LogP contribution in [0.2, 0.25) is 0 Å². The molecule has 3 atom stereocenters. The molecule has 74 valence electrons. The second-order valence-electron chi connectivity index (χ2n) is 3.78. The summed E-state index contributed by atoms with van der Waals surface area (Å²) < 4.78 is 5.24. The molecule has 1 N–H and O–H groups in total. The number of hydrogen-bond donors (Lipinski definition) is 1. The Morgan fingerprint density at radius 2 is 2.31 bits per heavy atom. The van der Waals surface area contributed by atoms with Gasteiger partial charge in [-0.2, -0.15) is 0 Å². The highest BCUT2D eigenvalue weighted by atomic mass is 16.5. The van der Waals surface area contributed by atoms with Crippen LogP contribution in [0.15, 0.2) is 23.8 Å². The van der Waals surface area contributed by atoms with Crippen molar-refractivity contribution < 1.29 is 9.84 Å². The third-order valence-electron chi connectivity index (χ3n) is 2.75. The van der Waals surface area contributed by atoms with Gasteiger partial charge in [-0.25, -0.2) is 0 Å². The van der Waals surface area contributed by atoms with Gasteiger partial charge in [0.1, 0.15) is 6.10 Å². The quantitative estimate of drug-likeness (QED) is 0.661. The van der Waals surface area contributed by atoms with Crippen LogP contribution in [-0.2, 0) is 4.74 Å². The first-order valence-electron chi connectivity index (χ1n) is 4.60. The molecular formula is C11H18O2. The van der Waals surface area contributed by atoms with Crippen molar-refractivity contribution in [3.05, 3.63) is 23.8 Å². The van der Waals surface area contributed by atoms with Crippen molar-refractivity contribution in [2.24, 2.45) is 5.92 Å². The number of aliphatic hydroxyl groups excluding tert-OH is 1. The predicted octanol–water partition coefficient (Wildman–Crippen LogP) is 1.90. The van der Waals surface area contributed by atoms with Gasteiger partial charge in [0.05, 0.1) is 6.10 Å². The Morgan fingerprint density at radius 1 is 1.69 bits per heavy atom. The summed E-state index contributed by atoms with van der Waals surface area (Å²) in [4.78, 5) is 0. The first-order valence-corrected chi connectivity index (χ1v) is 4.60. The highest BCUT2D eigenvalue weighted by Crippen LogP contribution is 2.30. The van der Waals surface area contributed by atoms with E-state index in [1.54, 1.807) is 7.11 Å². The third kappa shape index (κ3) is 2.01. The molecule has 0 aromatic rings. The minimum absolute atomic E-state index is 0.147. The fraction of sp³-hybridized carbons (Fsp3) is 0.636. The van der Waals surface area contributed by atoms with Gasteiger partial charge in [-0.15, -0.1) is 0 Å². The average molecular weight is 182 g/mol. The molecule has 1 aliphatic carbocycles. The topological polar surface area (TPSA) is 29.5 Å². The van der Waals surface area contributed by atoms with Crippen LogP contribution in [0.3, 0.4) is 0 Å². The molecule has 0 spiro atoms. The molecule has 0 saturated carbocycles.